The van der Waals surface area contributed by atoms with E-state index in [1.165, 1.54) is 21.8 Å². The maximum Gasteiger partial charge on any atom is 0.251 e. The van der Waals surface area contributed by atoms with Crippen LogP contribution in [0.4, 0.5) is 5.82 Å². The number of nitrogens with one attached hydrogen (secondary N) is 1. The molecule has 144 valence electrons. The zero-order valence-electron chi connectivity index (χ0n) is 16.2. The van der Waals surface area contributed by atoms with Crippen molar-refractivity contribution < 1.29 is 4.79 Å². The molecule has 0 saturated carbocycles. The topological polar surface area (TPSA) is 68.9 Å². The van der Waals surface area contributed by atoms with Crippen molar-refractivity contribution in [3.63, 3.8) is 0 Å². The van der Waals surface area contributed by atoms with E-state index < -0.39 is 0 Å². The highest BCUT2D eigenvalue weighted by Gasteiger charge is 2.25. The molecule has 1 N–H and O–H groups in total. The van der Waals surface area contributed by atoms with Crippen molar-refractivity contribution in [2.24, 2.45) is 0 Å². The van der Waals surface area contributed by atoms with Gasteiger partial charge in [0.05, 0.1) is 12.2 Å². The molecule has 1 amide bonds. The molecule has 2 heterocycles. The Kier molecular flexibility index (Phi) is 4.86. The van der Waals surface area contributed by atoms with Gasteiger partial charge < -0.3 is 9.88 Å². The molecule has 6 heteroatoms. The van der Waals surface area contributed by atoms with Crippen molar-refractivity contribution in [3.05, 3.63) is 81.4 Å². The molecule has 0 aliphatic heterocycles. The van der Waals surface area contributed by atoms with E-state index >= 15 is 0 Å². The summed E-state index contributed by atoms with van der Waals surface area (Å²) in [4.78, 5) is 24.7. The van der Waals surface area contributed by atoms with Crippen molar-refractivity contribution in [1.29, 1.82) is 0 Å². The summed E-state index contributed by atoms with van der Waals surface area (Å²) in [5.74, 6) is 0.465. The van der Waals surface area contributed by atoms with Crippen LogP contribution in [0.5, 0.6) is 0 Å². The lowest BCUT2D eigenvalue weighted by Gasteiger charge is -2.27. The molecule has 0 radical (unpaired) electrons. The van der Waals surface area contributed by atoms with Gasteiger partial charge in [-0.2, -0.15) is 5.10 Å². The van der Waals surface area contributed by atoms with Crippen LogP contribution in [-0.4, -0.2) is 20.3 Å². The number of fused-ring (bicyclic) bond motifs is 1. The summed E-state index contributed by atoms with van der Waals surface area (Å²) in [6.07, 6.45) is 6.58. The van der Waals surface area contributed by atoms with Gasteiger partial charge in [-0.25, -0.2) is 4.68 Å². The highest BCUT2D eigenvalue weighted by molar-refractivity contribution is 5.90. The molecule has 0 saturated heterocycles. The number of hydrogen-bond acceptors (Lipinski definition) is 3. The number of nitrogens with zero attached hydrogens (tertiary/aromatic N) is 3. The molecule has 0 spiro atoms. The Balaban J connectivity index is 1.59. The van der Waals surface area contributed by atoms with Gasteiger partial charge in [-0.05, 0) is 55.9 Å². The predicted molar refractivity (Wildman–Crippen MR) is 109 cm³/mol. The van der Waals surface area contributed by atoms with Crippen LogP contribution in [0.1, 0.15) is 41.1 Å². The van der Waals surface area contributed by atoms with E-state index in [-0.39, 0.29) is 24.1 Å². The van der Waals surface area contributed by atoms with Crippen molar-refractivity contribution >= 4 is 11.7 Å². The highest BCUT2D eigenvalue weighted by Crippen LogP contribution is 2.35. The summed E-state index contributed by atoms with van der Waals surface area (Å²) < 4.78 is 3.33. The second-order valence-corrected chi connectivity index (χ2v) is 7.45. The molecule has 6 nitrogen and oxygen atoms in total. The summed E-state index contributed by atoms with van der Waals surface area (Å²) in [5.41, 5.74) is 4.22. The van der Waals surface area contributed by atoms with Gasteiger partial charge in [-0.15, -0.1) is 0 Å². The van der Waals surface area contributed by atoms with E-state index in [0.717, 1.165) is 30.4 Å². The molecule has 28 heavy (non-hydrogen) atoms. The van der Waals surface area contributed by atoms with Gasteiger partial charge in [0.25, 0.3) is 5.56 Å². The molecule has 1 aliphatic carbocycles. The van der Waals surface area contributed by atoms with E-state index in [0.29, 0.717) is 5.82 Å². The number of anilines is 1. The van der Waals surface area contributed by atoms with Gasteiger partial charge in [0.15, 0.2) is 0 Å². The summed E-state index contributed by atoms with van der Waals surface area (Å²) in [6.45, 7) is 3.77. The van der Waals surface area contributed by atoms with Crippen molar-refractivity contribution in [2.75, 3.05) is 5.32 Å². The molecule has 0 fully saturated rings. The van der Waals surface area contributed by atoms with Crippen LogP contribution in [0, 0.1) is 13.8 Å². The predicted octanol–water partition coefficient (Wildman–Crippen LogP) is 3.23. The first-order valence-corrected chi connectivity index (χ1v) is 9.62. The average molecular weight is 376 g/mol. The molecule has 4 rings (SSSR count). The zero-order chi connectivity index (χ0) is 19.7. The summed E-state index contributed by atoms with van der Waals surface area (Å²) in [6, 6.07) is 11.9. The molecule has 0 bridgehead atoms. The third kappa shape index (κ3) is 3.50. The number of hydrogen-bond donors (Lipinski definition) is 1. The van der Waals surface area contributed by atoms with Gasteiger partial charge in [0, 0.05) is 17.8 Å². The highest BCUT2D eigenvalue weighted by atomic mass is 16.2. The Bertz CT molecular complexity index is 1080. The number of pyridine rings is 1. The molecule has 1 aromatic carbocycles. The van der Waals surface area contributed by atoms with Crippen LogP contribution >= 0.6 is 0 Å². The van der Waals surface area contributed by atoms with E-state index in [9.17, 15) is 9.59 Å². The molecule has 1 atom stereocenters. The van der Waals surface area contributed by atoms with Crippen molar-refractivity contribution in [2.45, 2.75) is 45.7 Å². The van der Waals surface area contributed by atoms with E-state index in [1.807, 2.05) is 24.6 Å². The first-order valence-electron chi connectivity index (χ1n) is 9.62. The van der Waals surface area contributed by atoms with Crippen LogP contribution in [0.25, 0.3) is 0 Å². The van der Waals surface area contributed by atoms with Crippen LogP contribution in [0.2, 0.25) is 0 Å². The fourth-order valence-corrected chi connectivity index (χ4v) is 3.89. The smallest absolute Gasteiger partial charge is 0.251 e. The molecule has 1 unspecified atom stereocenters. The second kappa shape index (κ2) is 7.46. The Morgan fingerprint density at radius 2 is 2.07 bits per heavy atom. The fraction of sp³-hybridized carbons (Fsp3) is 0.318. The van der Waals surface area contributed by atoms with Gasteiger partial charge in [-0.1, -0.05) is 24.3 Å². The van der Waals surface area contributed by atoms with Gasteiger partial charge in [0.2, 0.25) is 5.91 Å². The molecular weight excluding hydrogens is 352 g/mol. The number of rotatable bonds is 4. The quantitative estimate of drug-likeness (QED) is 0.760. The SMILES string of the molecule is Cc1ccn(CC(=O)Nc2c(C)cnn2C2CCCc3ccccc32)c(=O)c1. The average Bonchev–Trinajstić information content (AvgIpc) is 3.04. The largest absolute Gasteiger partial charge is 0.309 e. The van der Waals surface area contributed by atoms with Gasteiger partial charge >= 0.3 is 0 Å². The minimum atomic E-state index is -0.236. The minimum Gasteiger partial charge on any atom is -0.309 e. The summed E-state index contributed by atoms with van der Waals surface area (Å²) in [7, 11) is 0. The molecule has 1 aliphatic rings. The zero-order valence-corrected chi connectivity index (χ0v) is 16.2. The lowest BCUT2D eigenvalue weighted by atomic mass is 9.88. The van der Waals surface area contributed by atoms with Crippen molar-refractivity contribution in [3.8, 4) is 0 Å². The first kappa shape index (κ1) is 18.2. The van der Waals surface area contributed by atoms with Crippen LogP contribution < -0.4 is 10.9 Å². The number of carbonyl (C=O) groups is 1. The Labute approximate surface area is 163 Å². The fourth-order valence-electron chi connectivity index (χ4n) is 3.89. The first-order chi connectivity index (χ1) is 13.5. The molecule has 2 aromatic heterocycles. The number of amides is 1. The number of benzene rings is 1. The summed E-state index contributed by atoms with van der Waals surface area (Å²) >= 11 is 0. The van der Waals surface area contributed by atoms with E-state index in [2.05, 4.69) is 34.7 Å². The maximum atomic E-state index is 12.6. The number of aromatic nitrogens is 3. The molecule has 3 aromatic rings. The summed E-state index contributed by atoms with van der Waals surface area (Å²) in [5, 5.41) is 7.54. The number of aryl methyl sites for hydroxylation is 3. The standard InChI is InChI=1S/C22H24N4O2/c1-15-10-11-25(21(28)12-15)14-20(27)24-22-16(2)13-23-26(22)19-9-5-7-17-6-3-4-8-18(17)19/h3-4,6,8,10-13,19H,5,7,9,14H2,1-2H3,(H,24,27). The normalized spacial score (nSPS) is 15.9. The van der Waals surface area contributed by atoms with Gasteiger partial charge in [0.1, 0.15) is 12.4 Å². The van der Waals surface area contributed by atoms with Crippen molar-refractivity contribution in [1.82, 2.24) is 14.3 Å². The van der Waals surface area contributed by atoms with E-state index in [4.69, 9.17) is 0 Å². The van der Waals surface area contributed by atoms with Crippen LogP contribution in [0.15, 0.2) is 53.6 Å². The molecular formula is C22H24N4O2. The Morgan fingerprint density at radius 3 is 2.89 bits per heavy atom. The Hall–Kier alpha value is -3.15. The lowest BCUT2D eigenvalue weighted by molar-refractivity contribution is -0.116. The third-order valence-corrected chi connectivity index (χ3v) is 5.33. The monoisotopic (exact) mass is 376 g/mol. The van der Waals surface area contributed by atoms with Crippen LogP contribution in [0.3, 0.4) is 0 Å². The third-order valence-electron chi connectivity index (χ3n) is 5.33. The maximum absolute atomic E-state index is 12.6. The minimum absolute atomic E-state index is 0.0228. The Morgan fingerprint density at radius 1 is 1.25 bits per heavy atom. The lowest BCUT2D eigenvalue weighted by Crippen LogP contribution is -2.28. The van der Waals surface area contributed by atoms with Gasteiger partial charge in [-0.3, -0.25) is 9.59 Å². The van der Waals surface area contributed by atoms with Crippen LogP contribution in [-0.2, 0) is 17.8 Å². The number of carbonyl (C=O) groups excluding carboxylic acids is 1. The second-order valence-electron chi connectivity index (χ2n) is 7.45. The van der Waals surface area contributed by atoms with E-state index in [1.54, 1.807) is 12.4 Å².